The first-order valence-corrected chi connectivity index (χ1v) is 12.5. The van der Waals surface area contributed by atoms with Gasteiger partial charge in [0.05, 0.1) is 9.90 Å². The fraction of sp³-hybridized carbons (Fsp3) is 0.250. The number of halogens is 2. The van der Waals surface area contributed by atoms with E-state index in [1.807, 2.05) is 39.8 Å². The van der Waals surface area contributed by atoms with Gasteiger partial charge < -0.3 is 5.11 Å². The highest BCUT2D eigenvalue weighted by molar-refractivity contribution is 8.01. The predicted octanol–water partition coefficient (Wildman–Crippen LogP) is 6.97. The van der Waals surface area contributed by atoms with Crippen molar-refractivity contribution in [3.8, 4) is 27.5 Å². The minimum absolute atomic E-state index is 0.00420. The summed E-state index contributed by atoms with van der Waals surface area (Å²) in [7, 11) is 0. The van der Waals surface area contributed by atoms with Crippen molar-refractivity contribution in [1.82, 2.24) is 19.7 Å². The monoisotopic (exact) mass is 516 g/mol. The molecule has 0 spiro atoms. The highest BCUT2D eigenvalue weighted by Crippen LogP contribution is 2.42. The molecule has 4 aromatic rings. The molecule has 0 saturated carbocycles. The predicted molar refractivity (Wildman–Crippen MR) is 135 cm³/mol. The van der Waals surface area contributed by atoms with Gasteiger partial charge in [-0.2, -0.15) is 9.78 Å². The van der Waals surface area contributed by atoms with E-state index in [0.29, 0.717) is 27.1 Å². The standard InChI is InChI=1S/C24H22ClFN4O2S2/c1-11(2)33-23-20(17-10-16(25)6-7-18(17)26)28-24(34-23)30-21(22(31)32)19(14(5)29-30)15-8-12(3)27-13(4)9-15/h6-11H,1-5H3,(H,31,32). The summed E-state index contributed by atoms with van der Waals surface area (Å²) in [5.74, 6) is -1.59. The molecule has 176 valence electrons. The van der Waals surface area contributed by atoms with Crippen LogP contribution in [0.3, 0.4) is 0 Å². The Morgan fingerprint density at radius 1 is 1.15 bits per heavy atom. The smallest absolute Gasteiger partial charge is 0.355 e. The summed E-state index contributed by atoms with van der Waals surface area (Å²) >= 11 is 8.93. The Labute approximate surface area is 209 Å². The van der Waals surface area contributed by atoms with Crippen LogP contribution in [-0.2, 0) is 0 Å². The second-order valence-electron chi connectivity index (χ2n) is 8.09. The maximum Gasteiger partial charge on any atom is 0.355 e. The van der Waals surface area contributed by atoms with Crippen molar-refractivity contribution in [2.75, 3.05) is 0 Å². The summed E-state index contributed by atoms with van der Waals surface area (Å²) < 4.78 is 16.8. The van der Waals surface area contributed by atoms with Crippen LogP contribution in [0.5, 0.6) is 0 Å². The van der Waals surface area contributed by atoms with Crippen LogP contribution in [-0.4, -0.2) is 36.1 Å². The Hall–Kier alpha value is -2.75. The number of aromatic nitrogens is 4. The van der Waals surface area contributed by atoms with Gasteiger partial charge in [0.25, 0.3) is 0 Å². The van der Waals surface area contributed by atoms with Crippen molar-refractivity contribution in [2.45, 2.75) is 44.1 Å². The third kappa shape index (κ3) is 4.73. The number of benzene rings is 1. The highest BCUT2D eigenvalue weighted by Gasteiger charge is 2.27. The molecule has 3 heterocycles. The number of aryl methyl sites for hydroxylation is 3. The summed E-state index contributed by atoms with van der Waals surface area (Å²) in [4.78, 5) is 21.5. The summed E-state index contributed by atoms with van der Waals surface area (Å²) in [5, 5.41) is 15.6. The molecule has 0 amide bonds. The third-order valence-electron chi connectivity index (χ3n) is 4.93. The van der Waals surface area contributed by atoms with Crippen molar-refractivity contribution >= 4 is 40.7 Å². The van der Waals surface area contributed by atoms with Gasteiger partial charge in [0.1, 0.15) is 11.5 Å². The van der Waals surface area contributed by atoms with Crippen molar-refractivity contribution < 1.29 is 14.3 Å². The molecule has 0 saturated heterocycles. The zero-order valence-corrected chi connectivity index (χ0v) is 21.6. The van der Waals surface area contributed by atoms with E-state index in [0.717, 1.165) is 21.2 Å². The number of hydrogen-bond acceptors (Lipinski definition) is 6. The molecular weight excluding hydrogens is 495 g/mol. The summed E-state index contributed by atoms with van der Waals surface area (Å²) in [6, 6.07) is 7.98. The van der Waals surface area contributed by atoms with E-state index in [2.05, 4.69) is 15.1 Å². The first-order chi connectivity index (χ1) is 16.0. The Morgan fingerprint density at radius 2 is 1.82 bits per heavy atom. The molecule has 1 aromatic carbocycles. The van der Waals surface area contributed by atoms with Gasteiger partial charge in [-0.25, -0.2) is 14.2 Å². The minimum atomic E-state index is -1.13. The van der Waals surface area contributed by atoms with Gasteiger partial charge in [-0.1, -0.05) is 36.8 Å². The van der Waals surface area contributed by atoms with E-state index in [1.54, 1.807) is 6.92 Å². The number of thioether (sulfide) groups is 1. The molecule has 0 unspecified atom stereocenters. The molecular formula is C24H22ClFN4O2S2. The van der Waals surface area contributed by atoms with E-state index in [-0.39, 0.29) is 16.5 Å². The third-order valence-corrected chi connectivity index (χ3v) is 7.40. The van der Waals surface area contributed by atoms with Crippen molar-refractivity contribution in [1.29, 1.82) is 0 Å². The lowest BCUT2D eigenvalue weighted by Crippen LogP contribution is -2.09. The van der Waals surface area contributed by atoms with E-state index < -0.39 is 11.8 Å². The second-order valence-corrected chi connectivity index (χ2v) is 11.3. The first kappa shape index (κ1) is 24.4. The molecule has 0 aliphatic heterocycles. The van der Waals surface area contributed by atoms with Gasteiger partial charge >= 0.3 is 5.97 Å². The van der Waals surface area contributed by atoms with Crippen molar-refractivity contribution in [3.05, 3.63) is 63.9 Å². The number of rotatable bonds is 6. The summed E-state index contributed by atoms with van der Waals surface area (Å²) in [6.07, 6.45) is 0. The van der Waals surface area contributed by atoms with Crippen LogP contribution in [0.1, 0.15) is 41.4 Å². The largest absolute Gasteiger partial charge is 0.476 e. The van der Waals surface area contributed by atoms with Crippen LogP contribution < -0.4 is 0 Å². The van der Waals surface area contributed by atoms with E-state index in [1.165, 1.54) is 46.0 Å². The van der Waals surface area contributed by atoms with Crippen LogP contribution in [0.15, 0.2) is 34.5 Å². The quantitative estimate of drug-likeness (QED) is 0.278. The Bertz CT molecular complexity index is 1390. The van der Waals surface area contributed by atoms with Gasteiger partial charge in [-0.3, -0.25) is 4.98 Å². The van der Waals surface area contributed by atoms with Crippen LogP contribution in [0.25, 0.3) is 27.5 Å². The van der Waals surface area contributed by atoms with Gasteiger partial charge in [-0.15, -0.1) is 11.8 Å². The number of pyridine rings is 1. The molecule has 1 N–H and O–H groups in total. The second kappa shape index (κ2) is 9.48. The molecule has 4 rings (SSSR count). The molecule has 0 atom stereocenters. The molecule has 0 fully saturated rings. The fourth-order valence-corrected chi connectivity index (χ4v) is 6.35. The van der Waals surface area contributed by atoms with Gasteiger partial charge in [-0.05, 0) is 56.7 Å². The molecule has 3 aromatic heterocycles. The Morgan fingerprint density at radius 3 is 2.44 bits per heavy atom. The Kier molecular flexibility index (Phi) is 6.80. The van der Waals surface area contributed by atoms with Crippen LogP contribution in [0.4, 0.5) is 4.39 Å². The van der Waals surface area contributed by atoms with Crippen molar-refractivity contribution in [2.24, 2.45) is 0 Å². The number of aromatic carboxylic acids is 1. The van der Waals surface area contributed by atoms with E-state index in [4.69, 9.17) is 11.6 Å². The fourth-order valence-electron chi connectivity index (χ4n) is 3.72. The maximum absolute atomic E-state index is 14.7. The van der Waals surface area contributed by atoms with Gasteiger partial charge in [0.2, 0.25) is 5.13 Å². The molecule has 0 aliphatic rings. The lowest BCUT2D eigenvalue weighted by Gasteiger charge is -2.06. The van der Waals surface area contributed by atoms with Gasteiger partial charge in [0, 0.05) is 32.8 Å². The molecule has 0 radical (unpaired) electrons. The molecule has 34 heavy (non-hydrogen) atoms. The zero-order valence-electron chi connectivity index (χ0n) is 19.2. The number of thiazole rings is 1. The maximum atomic E-state index is 14.7. The van der Waals surface area contributed by atoms with Crippen LogP contribution >= 0.6 is 34.7 Å². The first-order valence-electron chi connectivity index (χ1n) is 10.5. The minimum Gasteiger partial charge on any atom is -0.476 e. The number of carboxylic acid groups (broad SMARTS) is 1. The van der Waals surface area contributed by atoms with Crippen LogP contribution in [0.2, 0.25) is 5.02 Å². The lowest BCUT2D eigenvalue weighted by molar-refractivity contribution is 0.0688. The van der Waals surface area contributed by atoms with E-state index in [9.17, 15) is 14.3 Å². The average molecular weight is 517 g/mol. The average Bonchev–Trinajstić information content (AvgIpc) is 3.29. The number of nitrogens with zero attached hydrogens (tertiary/aromatic N) is 4. The molecule has 6 nitrogen and oxygen atoms in total. The number of hydrogen-bond donors (Lipinski definition) is 1. The lowest BCUT2D eigenvalue weighted by atomic mass is 10.0. The van der Waals surface area contributed by atoms with Crippen molar-refractivity contribution in [3.63, 3.8) is 0 Å². The SMILES string of the molecule is Cc1cc(-c2c(C)nn(-c3nc(-c4cc(Cl)ccc4F)c(SC(C)C)s3)c2C(=O)O)cc(C)n1. The summed E-state index contributed by atoms with van der Waals surface area (Å²) in [5.41, 5.74) is 4.01. The molecule has 0 aliphatic carbocycles. The zero-order chi connectivity index (χ0) is 24.7. The normalized spacial score (nSPS) is 11.4. The Balaban J connectivity index is 1.96. The van der Waals surface area contributed by atoms with Gasteiger partial charge in [0.15, 0.2) is 5.69 Å². The van der Waals surface area contributed by atoms with E-state index >= 15 is 0 Å². The topological polar surface area (TPSA) is 80.9 Å². The number of carboxylic acids is 1. The highest BCUT2D eigenvalue weighted by atomic mass is 35.5. The number of carbonyl (C=O) groups is 1. The molecule has 10 heteroatoms. The van der Waals surface area contributed by atoms with Crippen LogP contribution in [0, 0.1) is 26.6 Å². The summed E-state index contributed by atoms with van der Waals surface area (Å²) in [6.45, 7) is 9.53. The molecule has 0 bridgehead atoms.